The van der Waals surface area contributed by atoms with Gasteiger partial charge in [-0.05, 0) is 23.8 Å². The Morgan fingerprint density at radius 1 is 1.06 bits per heavy atom. The Bertz CT molecular complexity index is 1220. The van der Waals surface area contributed by atoms with E-state index < -0.39 is 34.8 Å². The van der Waals surface area contributed by atoms with Crippen molar-refractivity contribution in [1.29, 1.82) is 0 Å². The van der Waals surface area contributed by atoms with Gasteiger partial charge in [0.2, 0.25) is 0 Å². The first kappa shape index (κ1) is 25.0. The van der Waals surface area contributed by atoms with Gasteiger partial charge < -0.3 is 20.7 Å². The fourth-order valence-electron chi connectivity index (χ4n) is 2.99. The molecule has 35 heavy (non-hydrogen) atoms. The summed E-state index contributed by atoms with van der Waals surface area (Å²) in [5.41, 5.74) is -1.09. The first-order chi connectivity index (χ1) is 16.6. The highest BCUT2D eigenvalue weighted by atomic mass is 19.4. The maximum absolute atomic E-state index is 12.9. The van der Waals surface area contributed by atoms with Crippen LogP contribution < -0.4 is 20.7 Å². The average Bonchev–Trinajstić information content (AvgIpc) is 2.82. The Hall–Kier alpha value is -4.68. The van der Waals surface area contributed by atoms with E-state index in [-0.39, 0.29) is 22.8 Å². The number of benzene rings is 2. The van der Waals surface area contributed by atoms with Gasteiger partial charge in [0.15, 0.2) is 0 Å². The third-order valence-corrected chi connectivity index (χ3v) is 4.63. The molecule has 3 rings (SSSR count). The van der Waals surface area contributed by atoms with Crippen LogP contribution in [-0.2, 0) is 11.0 Å². The van der Waals surface area contributed by atoms with Crippen LogP contribution in [0.25, 0.3) is 0 Å². The van der Waals surface area contributed by atoms with Gasteiger partial charge in [-0.1, -0.05) is 30.3 Å². The van der Waals surface area contributed by atoms with E-state index >= 15 is 0 Å². The maximum atomic E-state index is 12.9. The molecular formula is C22H18F3N5O5. The number of methoxy groups -OCH3 is 1. The van der Waals surface area contributed by atoms with Crippen LogP contribution in [0.5, 0.6) is 5.75 Å². The molecule has 1 atom stereocenters. The first-order valence-electron chi connectivity index (χ1n) is 9.87. The number of ether oxygens (including phenoxy) is 1. The number of nitro groups is 1. The molecule has 1 heterocycles. The van der Waals surface area contributed by atoms with Crippen molar-refractivity contribution >= 4 is 29.0 Å². The third kappa shape index (κ3) is 6.43. The van der Waals surface area contributed by atoms with E-state index in [0.717, 1.165) is 18.3 Å². The smallest absolute Gasteiger partial charge is 0.433 e. The summed E-state index contributed by atoms with van der Waals surface area (Å²) in [4.78, 5) is 39.3. The molecule has 0 aliphatic heterocycles. The molecule has 0 aliphatic rings. The number of urea groups is 1. The van der Waals surface area contributed by atoms with E-state index in [9.17, 15) is 32.9 Å². The molecule has 0 saturated heterocycles. The molecule has 0 fully saturated rings. The molecule has 0 aliphatic carbocycles. The molecule has 1 unspecified atom stereocenters. The SMILES string of the molecule is COc1ccc([N+](=O)[O-])cc1NC(=O)NC(C(=O)Nc1ccc(C(F)(F)F)nc1)c1ccccc1. The predicted molar refractivity (Wildman–Crippen MR) is 119 cm³/mol. The lowest BCUT2D eigenvalue weighted by atomic mass is 10.1. The van der Waals surface area contributed by atoms with Crippen LogP contribution in [0.1, 0.15) is 17.3 Å². The summed E-state index contributed by atoms with van der Waals surface area (Å²) in [5, 5.41) is 18.3. The monoisotopic (exact) mass is 489 g/mol. The van der Waals surface area contributed by atoms with Gasteiger partial charge >= 0.3 is 12.2 Å². The van der Waals surface area contributed by atoms with Gasteiger partial charge in [-0.15, -0.1) is 0 Å². The Balaban J connectivity index is 1.81. The number of alkyl halides is 3. The lowest BCUT2D eigenvalue weighted by Crippen LogP contribution is -2.39. The number of hydrogen-bond acceptors (Lipinski definition) is 6. The number of halogens is 3. The number of carbonyl (C=O) groups is 2. The number of hydrogen-bond donors (Lipinski definition) is 3. The van der Waals surface area contributed by atoms with Crippen LogP contribution in [0.4, 0.5) is 35.0 Å². The quantitative estimate of drug-likeness (QED) is 0.330. The van der Waals surface area contributed by atoms with Gasteiger partial charge in [-0.3, -0.25) is 14.9 Å². The number of nitrogens with one attached hydrogen (secondary N) is 3. The molecular weight excluding hydrogens is 471 g/mol. The van der Waals surface area contributed by atoms with Gasteiger partial charge in [-0.2, -0.15) is 13.2 Å². The van der Waals surface area contributed by atoms with E-state index in [0.29, 0.717) is 11.6 Å². The number of non-ortho nitro benzene ring substituents is 1. The Morgan fingerprint density at radius 2 is 1.77 bits per heavy atom. The Morgan fingerprint density at radius 3 is 2.34 bits per heavy atom. The minimum absolute atomic E-state index is 0.0154. The van der Waals surface area contributed by atoms with Crippen LogP contribution in [0.2, 0.25) is 0 Å². The van der Waals surface area contributed by atoms with Crippen molar-refractivity contribution in [2.75, 3.05) is 17.7 Å². The minimum Gasteiger partial charge on any atom is -0.495 e. The highest BCUT2D eigenvalue weighted by Crippen LogP contribution is 2.30. The van der Waals surface area contributed by atoms with E-state index in [2.05, 4.69) is 20.9 Å². The zero-order valence-electron chi connectivity index (χ0n) is 18.0. The van der Waals surface area contributed by atoms with Crippen LogP contribution in [0.15, 0.2) is 66.9 Å². The van der Waals surface area contributed by atoms with E-state index in [4.69, 9.17) is 4.74 Å². The zero-order chi connectivity index (χ0) is 25.6. The van der Waals surface area contributed by atoms with Gasteiger partial charge in [-0.25, -0.2) is 9.78 Å². The Labute approximate surface area is 196 Å². The number of nitro benzene ring substituents is 1. The summed E-state index contributed by atoms with van der Waals surface area (Å²) in [6, 6.07) is 11.2. The second kappa shape index (κ2) is 10.5. The van der Waals surface area contributed by atoms with Crippen LogP contribution in [-0.4, -0.2) is 29.0 Å². The summed E-state index contributed by atoms with van der Waals surface area (Å²) < 4.78 is 43.3. The van der Waals surface area contributed by atoms with Gasteiger partial charge in [0.25, 0.3) is 11.6 Å². The lowest BCUT2D eigenvalue weighted by Gasteiger charge is -2.20. The number of carbonyl (C=O) groups excluding carboxylic acids is 2. The van der Waals surface area contributed by atoms with Crippen molar-refractivity contribution in [3.63, 3.8) is 0 Å². The number of pyridine rings is 1. The summed E-state index contributed by atoms with van der Waals surface area (Å²) in [6.07, 6.45) is -3.79. The van der Waals surface area contributed by atoms with Crippen molar-refractivity contribution in [3.8, 4) is 5.75 Å². The summed E-state index contributed by atoms with van der Waals surface area (Å²) in [5.74, 6) is -0.624. The van der Waals surface area contributed by atoms with Gasteiger partial charge in [0, 0.05) is 12.1 Å². The molecule has 0 saturated carbocycles. The zero-order valence-corrected chi connectivity index (χ0v) is 18.0. The Kier molecular flexibility index (Phi) is 7.49. The van der Waals surface area contributed by atoms with Crippen LogP contribution >= 0.6 is 0 Å². The summed E-state index contributed by atoms with van der Waals surface area (Å²) in [7, 11) is 1.31. The normalized spacial score (nSPS) is 11.8. The third-order valence-electron chi connectivity index (χ3n) is 4.63. The lowest BCUT2D eigenvalue weighted by molar-refractivity contribution is -0.384. The molecule has 1 aromatic heterocycles. The second-order valence-electron chi connectivity index (χ2n) is 7.00. The average molecular weight is 489 g/mol. The fraction of sp³-hybridized carbons (Fsp3) is 0.136. The molecule has 3 N–H and O–H groups in total. The summed E-state index contributed by atoms with van der Waals surface area (Å²) in [6.45, 7) is 0. The van der Waals surface area contributed by atoms with Gasteiger partial charge in [0.05, 0.1) is 29.6 Å². The van der Waals surface area contributed by atoms with E-state index in [1.807, 2.05) is 0 Å². The van der Waals surface area contributed by atoms with Crippen LogP contribution in [0, 0.1) is 10.1 Å². The summed E-state index contributed by atoms with van der Waals surface area (Å²) >= 11 is 0. The molecule has 0 bridgehead atoms. The van der Waals surface area contributed by atoms with E-state index in [1.165, 1.54) is 19.2 Å². The van der Waals surface area contributed by atoms with Crippen molar-refractivity contribution in [2.24, 2.45) is 0 Å². The fourth-order valence-corrected chi connectivity index (χ4v) is 2.99. The minimum atomic E-state index is -4.64. The molecule has 10 nitrogen and oxygen atoms in total. The molecule has 0 radical (unpaired) electrons. The molecule has 2 aromatic carbocycles. The number of amides is 3. The first-order valence-corrected chi connectivity index (χ1v) is 9.87. The standard InChI is InChI=1S/C22H18F3N5O5/c1-35-17-9-8-15(30(33)34)11-16(17)28-21(32)29-19(13-5-3-2-4-6-13)20(31)27-14-7-10-18(26-12-14)22(23,24)25/h2-12,19H,1H3,(H,27,31)(H2,28,29,32). The number of nitrogens with zero attached hydrogens (tertiary/aromatic N) is 2. The van der Waals surface area contributed by atoms with E-state index in [1.54, 1.807) is 30.3 Å². The van der Waals surface area contributed by atoms with Crippen molar-refractivity contribution in [1.82, 2.24) is 10.3 Å². The molecule has 0 spiro atoms. The van der Waals surface area contributed by atoms with Crippen molar-refractivity contribution < 1.29 is 32.4 Å². The molecule has 13 heteroatoms. The maximum Gasteiger partial charge on any atom is 0.433 e. The van der Waals surface area contributed by atoms with Crippen molar-refractivity contribution in [3.05, 3.63) is 88.2 Å². The largest absolute Gasteiger partial charge is 0.495 e. The number of anilines is 2. The van der Waals surface area contributed by atoms with Crippen molar-refractivity contribution in [2.45, 2.75) is 12.2 Å². The van der Waals surface area contributed by atoms with Gasteiger partial charge in [0.1, 0.15) is 17.5 Å². The predicted octanol–water partition coefficient (Wildman–Crippen LogP) is 4.52. The second-order valence-corrected chi connectivity index (χ2v) is 7.00. The molecule has 3 aromatic rings. The number of rotatable bonds is 7. The number of aromatic nitrogens is 1. The molecule has 3 amide bonds. The highest BCUT2D eigenvalue weighted by Gasteiger charge is 2.32. The highest BCUT2D eigenvalue weighted by molar-refractivity contribution is 6.00. The molecule has 182 valence electrons. The van der Waals surface area contributed by atoms with Crippen LogP contribution in [0.3, 0.4) is 0 Å². The topological polar surface area (TPSA) is 135 Å².